The number of hydrogen-bond acceptors (Lipinski definition) is 4. The molecule has 29 heavy (non-hydrogen) atoms. The number of piperazine rings is 1. The Labute approximate surface area is 169 Å². The van der Waals surface area contributed by atoms with E-state index in [1.54, 1.807) is 23.1 Å². The van der Waals surface area contributed by atoms with E-state index in [9.17, 15) is 22.0 Å². The van der Waals surface area contributed by atoms with Crippen molar-refractivity contribution >= 4 is 27.3 Å². The first kappa shape index (κ1) is 21.0. The van der Waals surface area contributed by atoms with Crippen molar-refractivity contribution in [3.05, 3.63) is 60.2 Å². The van der Waals surface area contributed by atoms with Gasteiger partial charge in [0.15, 0.2) is 0 Å². The number of nitrogens with zero attached hydrogens (tertiary/aromatic N) is 3. The lowest BCUT2D eigenvalue weighted by atomic mass is 10.2. The molecular weight excluding hydrogens is 400 g/mol. The Kier molecular flexibility index (Phi) is 6.07. The molecule has 6 nitrogen and oxygen atoms in total. The van der Waals surface area contributed by atoms with Crippen molar-refractivity contribution in [1.29, 1.82) is 0 Å². The van der Waals surface area contributed by atoms with E-state index in [0.717, 1.165) is 22.7 Å². The van der Waals surface area contributed by atoms with Gasteiger partial charge in [0.05, 0.1) is 17.6 Å². The quantitative estimate of drug-likeness (QED) is 0.741. The summed E-state index contributed by atoms with van der Waals surface area (Å²) in [4.78, 5) is 16.4. The Morgan fingerprint density at radius 1 is 1.00 bits per heavy atom. The van der Waals surface area contributed by atoms with Crippen LogP contribution in [-0.2, 0) is 14.8 Å². The van der Waals surface area contributed by atoms with Gasteiger partial charge in [-0.25, -0.2) is 17.2 Å². The Morgan fingerprint density at radius 2 is 1.59 bits per heavy atom. The van der Waals surface area contributed by atoms with Crippen molar-refractivity contribution in [3.8, 4) is 0 Å². The van der Waals surface area contributed by atoms with Crippen molar-refractivity contribution in [1.82, 2.24) is 4.90 Å². The maximum atomic E-state index is 14.0. The van der Waals surface area contributed by atoms with Gasteiger partial charge in [0.1, 0.15) is 17.7 Å². The van der Waals surface area contributed by atoms with Gasteiger partial charge < -0.3 is 9.80 Å². The molecule has 0 saturated carbocycles. The highest BCUT2D eigenvalue weighted by Crippen LogP contribution is 2.24. The molecule has 1 amide bonds. The van der Waals surface area contributed by atoms with Crippen LogP contribution < -0.4 is 9.21 Å². The van der Waals surface area contributed by atoms with Crippen LogP contribution in [-0.4, -0.2) is 57.7 Å². The number of carbonyl (C=O) groups excluding carboxylic acids is 1. The second-order valence-corrected chi connectivity index (χ2v) is 8.83. The maximum absolute atomic E-state index is 14.0. The number of rotatable bonds is 5. The third kappa shape index (κ3) is 4.67. The minimum atomic E-state index is -3.77. The van der Waals surface area contributed by atoms with Crippen LogP contribution >= 0.6 is 0 Å². The summed E-state index contributed by atoms with van der Waals surface area (Å²) in [5, 5.41) is 0. The highest BCUT2D eigenvalue weighted by Gasteiger charge is 2.33. The van der Waals surface area contributed by atoms with Crippen LogP contribution in [0.2, 0.25) is 0 Å². The van der Waals surface area contributed by atoms with Crippen LogP contribution in [0.1, 0.15) is 6.92 Å². The summed E-state index contributed by atoms with van der Waals surface area (Å²) in [5.41, 5.74) is 0.705. The van der Waals surface area contributed by atoms with Crippen molar-refractivity contribution in [2.45, 2.75) is 13.0 Å². The summed E-state index contributed by atoms with van der Waals surface area (Å²) in [6.07, 6.45) is 1.01. The van der Waals surface area contributed by atoms with E-state index < -0.39 is 21.9 Å². The fourth-order valence-electron chi connectivity index (χ4n) is 3.53. The van der Waals surface area contributed by atoms with Gasteiger partial charge in [-0.1, -0.05) is 12.1 Å². The van der Waals surface area contributed by atoms with Crippen molar-refractivity contribution in [2.75, 3.05) is 41.6 Å². The summed E-state index contributed by atoms with van der Waals surface area (Å²) in [5.74, 6) is -1.17. The molecule has 0 N–H and O–H groups in total. The Hall–Kier alpha value is -2.68. The van der Waals surface area contributed by atoms with E-state index in [1.807, 2.05) is 4.90 Å². The largest absolute Gasteiger partial charge is 0.366 e. The summed E-state index contributed by atoms with van der Waals surface area (Å²) in [7, 11) is -3.77. The van der Waals surface area contributed by atoms with Gasteiger partial charge in [0.2, 0.25) is 15.9 Å². The second kappa shape index (κ2) is 8.36. The molecule has 0 bridgehead atoms. The van der Waals surface area contributed by atoms with Crippen molar-refractivity contribution in [2.24, 2.45) is 0 Å². The molecule has 1 aliphatic heterocycles. The fourth-order valence-corrected chi connectivity index (χ4v) is 4.70. The number of anilines is 2. The Balaban J connectivity index is 1.73. The minimum absolute atomic E-state index is 0.222. The standard InChI is InChI=1S/C20H23F2N3O3S/c1-15(25(29(2,27)28)17-9-7-16(21)8-10-17)20(26)24-13-11-23(12-14-24)19-6-4-3-5-18(19)22/h3-10,15H,11-14H2,1-2H3. The SMILES string of the molecule is CC(C(=O)N1CCN(c2ccccc2F)CC1)N(c1ccc(F)cc1)S(C)(=O)=O. The van der Waals surface area contributed by atoms with Crippen LogP contribution in [0.3, 0.4) is 0 Å². The summed E-state index contributed by atoms with van der Waals surface area (Å²) >= 11 is 0. The monoisotopic (exact) mass is 423 g/mol. The predicted molar refractivity (Wildman–Crippen MR) is 108 cm³/mol. The zero-order valence-electron chi connectivity index (χ0n) is 16.3. The average molecular weight is 423 g/mol. The molecule has 3 rings (SSSR count). The molecule has 0 aliphatic carbocycles. The first-order valence-electron chi connectivity index (χ1n) is 9.21. The lowest BCUT2D eigenvalue weighted by Crippen LogP contribution is -2.55. The molecule has 0 radical (unpaired) electrons. The highest BCUT2D eigenvalue weighted by atomic mass is 32.2. The van der Waals surface area contributed by atoms with Gasteiger partial charge in [0.25, 0.3) is 0 Å². The van der Waals surface area contributed by atoms with Crippen LogP contribution in [0.25, 0.3) is 0 Å². The number of para-hydroxylation sites is 1. The molecular formula is C20H23F2N3O3S. The van der Waals surface area contributed by atoms with E-state index >= 15 is 0 Å². The normalized spacial score (nSPS) is 15.9. The molecule has 9 heteroatoms. The van der Waals surface area contributed by atoms with Gasteiger partial charge in [-0.2, -0.15) is 0 Å². The van der Waals surface area contributed by atoms with Crippen molar-refractivity contribution in [3.63, 3.8) is 0 Å². The smallest absolute Gasteiger partial charge is 0.246 e. The summed E-state index contributed by atoms with van der Waals surface area (Å²) in [6.45, 7) is 3.08. The highest BCUT2D eigenvalue weighted by molar-refractivity contribution is 7.92. The second-order valence-electron chi connectivity index (χ2n) is 6.97. The average Bonchev–Trinajstić information content (AvgIpc) is 2.68. The van der Waals surface area contributed by atoms with Crippen LogP contribution in [0.15, 0.2) is 48.5 Å². The third-order valence-electron chi connectivity index (χ3n) is 4.93. The number of amides is 1. The number of benzene rings is 2. The zero-order chi connectivity index (χ0) is 21.2. The van der Waals surface area contributed by atoms with Gasteiger partial charge in [0, 0.05) is 26.2 Å². The fraction of sp³-hybridized carbons (Fsp3) is 0.350. The van der Waals surface area contributed by atoms with E-state index in [1.165, 1.54) is 25.1 Å². The number of carbonyl (C=O) groups is 1. The molecule has 156 valence electrons. The molecule has 2 aromatic carbocycles. The number of sulfonamides is 1. The number of halogens is 2. The summed E-state index contributed by atoms with van der Waals surface area (Å²) < 4.78 is 52.9. The molecule has 1 atom stereocenters. The Bertz CT molecular complexity index is 975. The summed E-state index contributed by atoms with van der Waals surface area (Å²) in [6, 6.07) is 10.4. The lowest BCUT2D eigenvalue weighted by Gasteiger charge is -2.39. The molecule has 1 aliphatic rings. The topological polar surface area (TPSA) is 60.9 Å². The first-order chi connectivity index (χ1) is 13.7. The predicted octanol–water partition coefficient (Wildman–Crippen LogP) is 2.47. The number of hydrogen-bond donors (Lipinski definition) is 0. The molecule has 0 aromatic heterocycles. The van der Waals surface area contributed by atoms with Crippen LogP contribution in [0.5, 0.6) is 0 Å². The van der Waals surface area contributed by atoms with E-state index in [4.69, 9.17) is 0 Å². The molecule has 1 saturated heterocycles. The Morgan fingerprint density at radius 3 is 2.14 bits per heavy atom. The van der Waals surface area contributed by atoms with E-state index in [0.29, 0.717) is 31.9 Å². The van der Waals surface area contributed by atoms with Crippen molar-refractivity contribution < 1.29 is 22.0 Å². The molecule has 1 fully saturated rings. The maximum Gasteiger partial charge on any atom is 0.246 e. The minimum Gasteiger partial charge on any atom is -0.366 e. The van der Waals surface area contributed by atoms with E-state index in [2.05, 4.69) is 0 Å². The van der Waals surface area contributed by atoms with Gasteiger partial charge in [-0.05, 0) is 43.3 Å². The van der Waals surface area contributed by atoms with Gasteiger partial charge in [-0.15, -0.1) is 0 Å². The van der Waals surface area contributed by atoms with Crippen LogP contribution in [0, 0.1) is 11.6 Å². The molecule has 1 heterocycles. The van der Waals surface area contributed by atoms with Gasteiger partial charge >= 0.3 is 0 Å². The van der Waals surface area contributed by atoms with Crippen LogP contribution in [0.4, 0.5) is 20.2 Å². The molecule has 0 spiro atoms. The van der Waals surface area contributed by atoms with Gasteiger partial charge in [-0.3, -0.25) is 9.10 Å². The zero-order valence-corrected chi connectivity index (χ0v) is 17.1. The third-order valence-corrected chi connectivity index (χ3v) is 6.17. The molecule has 2 aromatic rings. The van der Waals surface area contributed by atoms with E-state index in [-0.39, 0.29) is 17.4 Å². The molecule has 1 unspecified atom stereocenters. The lowest BCUT2D eigenvalue weighted by molar-refractivity contribution is -0.132. The first-order valence-corrected chi connectivity index (χ1v) is 11.1.